The van der Waals surface area contributed by atoms with Crippen LogP contribution in [0.5, 0.6) is 5.75 Å². The van der Waals surface area contributed by atoms with E-state index in [0.717, 1.165) is 28.0 Å². The van der Waals surface area contributed by atoms with Crippen LogP contribution >= 0.6 is 0 Å². The van der Waals surface area contributed by atoms with Gasteiger partial charge in [-0.25, -0.2) is 9.67 Å². The zero-order chi connectivity index (χ0) is 12.7. The van der Waals surface area contributed by atoms with Crippen LogP contribution in [0.4, 0.5) is 0 Å². The Balaban J connectivity index is 2.35. The summed E-state index contributed by atoms with van der Waals surface area (Å²) in [6.45, 7) is 3.94. The van der Waals surface area contributed by atoms with Crippen LogP contribution in [0.1, 0.15) is 11.4 Å². The highest BCUT2D eigenvalue weighted by molar-refractivity contribution is 5.89. The Morgan fingerprint density at radius 3 is 2.67 bits per heavy atom. The predicted molar refractivity (Wildman–Crippen MR) is 70.0 cm³/mol. The summed E-state index contributed by atoms with van der Waals surface area (Å²) in [4.78, 5) is 4.38. The van der Waals surface area contributed by atoms with Gasteiger partial charge in [0.05, 0.1) is 5.69 Å². The van der Waals surface area contributed by atoms with Crippen molar-refractivity contribution in [3.8, 4) is 11.6 Å². The van der Waals surface area contributed by atoms with E-state index < -0.39 is 0 Å². The molecule has 2 aromatic heterocycles. The highest BCUT2D eigenvalue weighted by atomic mass is 16.3. The summed E-state index contributed by atoms with van der Waals surface area (Å²) in [6.07, 6.45) is 1.76. The van der Waals surface area contributed by atoms with Gasteiger partial charge in [0.15, 0.2) is 5.82 Å². The molecule has 0 amide bonds. The van der Waals surface area contributed by atoms with Crippen LogP contribution in [0.15, 0.2) is 36.5 Å². The molecule has 0 saturated carbocycles. The van der Waals surface area contributed by atoms with E-state index in [1.807, 2.05) is 32.0 Å². The number of phenols is 1. The molecule has 0 aliphatic carbocycles. The lowest BCUT2D eigenvalue weighted by Crippen LogP contribution is -2.02. The van der Waals surface area contributed by atoms with Crippen LogP contribution in [-0.4, -0.2) is 19.9 Å². The predicted octanol–water partition coefficient (Wildman–Crippen LogP) is 2.74. The van der Waals surface area contributed by atoms with Gasteiger partial charge in [-0.3, -0.25) is 0 Å². The molecule has 3 rings (SSSR count). The summed E-state index contributed by atoms with van der Waals surface area (Å²) in [6, 6.07) is 9.19. The number of pyridine rings is 1. The zero-order valence-electron chi connectivity index (χ0n) is 10.3. The highest BCUT2D eigenvalue weighted by Gasteiger charge is 2.09. The van der Waals surface area contributed by atoms with Crippen LogP contribution in [0.25, 0.3) is 16.6 Å². The first kappa shape index (κ1) is 10.8. The van der Waals surface area contributed by atoms with Crippen molar-refractivity contribution in [1.82, 2.24) is 14.8 Å². The van der Waals surface area contributed by atoms with E-state index in [4.69, 9.17) is 0 Å². The molecule has 90 valence electrons. The number of phenolic OH excluding ortho intramolecular Hbond substituents is 1. The Kier molecular flexibility index (Phi) is 2.30. The molecule has 0 fully saturated rings. The molecule has 1 N–H and O–H groups in total. The quantitative estimate of drug-likeness (QED) is 0.710. The van der Waals surface area contributed by atoms with Gasteiger partial charge in [-0.05, 0) is 43.5 Å². The SMILES string of the molecule is Cc1cc(C)n(-c2nccc3ccc(O)cc23)n1. The number of aromatic nitrogens is 3. The van der Waals surface area contributed by atoms with Crippen LogP contribution < -0.4 is 0 Å². The van der Waals surface area contributed by atoms with E-state index in [9.17, 15) is 5.11 Å². The first-order chi connectivity index (χ1) is 8.65. The second kappa shape index (κ2) is 3.84. The normalized spacial score (nSPS) is 11.0. The number of benzene rings is 1. The van der Waals surface area contributed by atoms with Crippen LogP contribution in [0.3, 0.4) is 0 Å². The Morgan fingerprint density at radius 1 is 1.11 bits per heavy atom. The van der Waals surface area contributed by atoms with E-state index in [1.165, 1.54) is 0 Å². The second-order valence-electron chi connectivity index (χ2n) is 4.38. The fourth-order valence-electron chi connectivity index (χ4n) is 2.15. The van der Waals surface area contributed by atoms with Crippen molar-refractivity contribution in [2.24, 2.45) is 0 Å². The molecule has 0 spiro atoms. The van der Waals surface area contributed by atoms with Gasteiger partial charge in [0.1, 0.15) is 5.75 Å². The summed E-state index contributed by atoms with van der Waals surface area (Å²) in [5.41, 5.74) is 1.97. The smallest absolute Gasteiger partial charge is 0.161 e. The third-order valence-electron chi connectivity index (χ3n) is 2.94. The van der Waals surface area contributed by atoms with Crippen molar-refractivity contribution in [3.05, 3.63) is 47.9 Å². The van der Waals surface area contributed by atoms with Crippen molar-refractivity contribution in [2.75, 3.05) is 0 Å². The second-order valence-corrected chi connectivity index (χ2v) is 4.38. The number of fused-ring (bicyclic) bond motifs is 1. The molecule has 0 radical (unpaired) electrons. The molecule has 4 nitrogen and oxygen atoms in total. The van der Waals surface area contributed by atoms with E-state index in [0.29, 0.717) is 0 Å². The monoisotopic (exact) mass is 239 g/mol. The molecule has 0 unspecified atom stereocenters. The molecule has 18 heavy (non-hydrogen) atoms. The number of aryl methyl sites for hydroxylation is 2. The maximum absolute atomic E-state index is 9.62. The van der Waals surface area contributed by atoms with Crippen molar-refractivity contribution in [1.29, 1.82) is 0 Å². The first-order valence-electron chi connectivity index (χ1n) is 5.76. The molecule has 0 atom stereocenters. The van der Waals surface area contributed by atoms with Crippen molar-refractivity contribution >= 4 is 10.8 Å². The van der Waals surface area contributed by atoms with Gasteiger partial charge in [0.25, 0.3) is 0 Å². The van der Waals surface area contributed by atoms with Gasteiger partial charge >= 0.3 is 0 Å². The van der Waals surface area contributed by atoms with Crippen LogP contribution in [0.2, 0.25) is 0 Å². The lowest BCUT2D eigenvalue weighted by molar-refractivity contribution is 0.476. The maximum atomic E-state index is 9.62. The number of nitrogens with zero attached hydrogens (tertiary/aromatic N) is 3. The van der Waals surface area contributed by atoms with E-state index >= 15 is 0 Å². The lowest BCUT2D eigenvalue weighted by Gasteiger charge is -2.07. The number of hydrogen-bond acceptors (Lipinski definition) is 3. The summed E-state index contributed by atoms with van der Waals surface area (Å²) in [7, 11) is 0. The average molecular weight is 239 g/mol. The van der Waals surface area contributed by atoms with Crippen LogP contribution in [0, 0.1) is 13.8 Å². The number of hydrogen-bond donors (Lipinski definition) is 1. The molecule has 0 aliphatic rings. The average Bonchev–Trinajstić information content (AvgIpc) is 2.67. The summed E-state index contributed by atoms with van der Waals surface area (Å²) in [5, 5.41) is 16.0. The Labute approximate surface area is 105 Å². The van der Waals surface area contributed by atoms with Gasteiger partial charge in [-0.1, -0.05) is 6.07 Å². The molecule has 4 heteroatoms. The maximum Gasteiger partial charge on any atom is 0.161 e. The summed E-state index contributed by atoms with van der Waals surface area (Å²) >= 11 is 0. The Bertz CT molecular complexity index is 731. The van der Waals surface area contributed by atoms with Gasteiger partial charge in [0, 0.05) is 17.3 Å². The Morgan fingerprint density at radius 2 is 1.94 bits per heavy atom. The van der Waals surface area contributed by atoms with Crippen LogP contribution in [-0.2, 0) is 0 Å². The minimum Gasteiger partial charge on any atom is -0.508 e. The molecule has 0 aliphatic heterocycles. The molecule has 0 bridgehead atoms. The van der Waals surface area contributed by atoms with Gasteiger partial charge in [0.2, 0.25) is 0 Å². The van der Waals surface area contributed by atoms with Crippen molar-refractivity contribution in [3.63, 3.8) is 0 Å². The number of aromatic hydroxyl groups is 1. The van der Waals surface area contributed by atoms with Crippen molar-refractivity contribution < 1.29 is 5.11 Å². The third kappa shape index (κ3) is 1.62. The van der Waals surface area contributed by atoms with E-state index in [-0.39, 0.29) is 5.75 Å². The molecule has 2 heterocycles. The van der Waals surface area contributed by atoms with Gasteiger partial charge < -0.3 is 5.11 Å². The van der Waals surface area contributed by atoms with Gasteiger partial charge in [-0.15, -0.1) is 0 Å². The zero-order valence-corrected chi connectivity index (χ0v) is 10.3. The molecule has 0 saturated heterocycles. The molecular formula is C14H13N3O. The fourth-order valence-corrected chi connectivity index (χ4v) is 2.15. The van der Waals surface area contributed by atoms with Crippen molar-refractivity contribution in [2.45, 2.75) is 13.8 Å². The fraction of sp³-hybridized carbons (Fsp3) is 0.143. The first-order valence-corrected chi connectivity index (χ1v) is 5.76. The lowest BCUT2D eigenvalue weighted by atomic mass is 10.1. The molecular weight excluding hydrogens is 226 g/mol. The topological polar surface area (TPSA) is 50.9 Å². The Hall–Kier alpha value is -2.36. The standard InChI is InChI=1S/C14H13N3O/c1-9-7-10(2)17(16-9)14-13-8-12(18)4-3-11(13)5-6-15-14/h3-8,18H,1-2H3. The minimum absolute atomic E-state index is 0.235. The highest BCUT2D eigenvalue weighted by Crippen LogP contribution is 2.24. The van der Waals surface area contributed by atoms with Gasteiger partial charge in [-0.2, -0.15) is 5.10 Å². The number of rotatable bonds is 1. The molecule has 3 aromatic rings. The largest absolute Gasteiger partial charge is 0.508 e. The van der Waals surface area contributed by atoms with E-state index in [1.54, 1.807) is 23.0 Å². The third-order valence-corrected chi connectivity index (χ3v) is 2.94. The molecule has 1 aromatic carbocycles. The van der Waals surface area contributed by atoms with E-state index in [2.05, 4.69) is 10.1 Å². The minimum atomic E-state index is 0.235. The summed E-state index contributed by atoms with van der Waals surface area (Å²) < 4.78 is 1.80. The summed E-state index contributed by atoms with van der Waals surface area (Å²) in [5.74, 6) is 0.979.